The van der Waals surface area contributed by atoms with Crippen molar-refractivity contribution in [2.24, 2.45) is 0 Å². The van der Waals surface area contributed by atoms with Gasteiger partial charge < -0.3 is 9.84 Å². The Kier molecular flexibility index (Phi) is 3.36. The first-order valence-electron chi connectivity index (χ1n) is 8.32. The molecule has 0 aliphatic carbocycles. The van der Waals surface area contributed by atoms with Crippen LogP contribution in [0.5, 0.6) is 0 Å². The fraction of sp³-hybridized carbons (Fsp3) is 0.286. The van der Waals surface area contributed by atoms with Crippen LogP contribution < -0.4 is 0 Å². The number of hydrogen-bond acceptors (Lipinski definition) is 3. The van der Waals surface area contributed by atoms with Crippen LogP contribution >= 0.6 is 0 Å². The van der Waals surface area contributed by atoms with E-state index in [0.29, 0.717) is 18.4 Å². The third-order valence-electron chi connectivity index (χ3n) is 5.17. The van der Waals surface area contributed by atoms with Crippen LogP contribution in [0.1, 0.15) is 30.9 Å². The summed E-state index contributed by atoms with van der Waals surface area (Å²) in [6, 6.07) is 16.1. The van der Waals surface area contributed by atoms with E-state index in [-0.39, 0.29) is 11.5 Å². The Morgan fingerprint density at radius 3 is 2.58 bits per heavy atom. The molecule has 1 fully saturated rings. The van der Waals surface area contributed by atoms with E-state index < -0.39 is 11.7 Å². The summed E-state index contributed by atoms with van der Waals surface area (Å²) in [4.78, 5) is 12.7. The zero-order chi connectivity index (χ0) is 16.9. The van der Waals surface area contributed by atoms with E-state index in [1.807, 2.05) is 44.2 Å². The Labute approximate surface area is 141 Å². The molecule has 2 unspecified atom stereocenters. The molecule has 4 rings (SSSR count). The van der Waals surface area contributed by atoms with Crippen molar-refractivity contribution >= 4 is 11.4 Å². The molecular formula is C21H20O3. The van der Waals surface area contributed by atoms with Crippen LogP contribution in [0.15, 0.2) is 54.3 Å². The zero-order valence-corrected chi connectivity index (χ0v) is 13.9. The number of ether oxygens (including phenoxy) is 1. The number of carbonyl (C=O) groups is 1. The van der Waals surface area contributed by atoms with E-state index >= 15 is 0 Å². The van der Waals surface area contributed by atoms with Gasteiger partial charge in [-0.25, -0.2) is 0 Å². The lowest BCUT2D eigenvalue weighted by Gasteiger charge is -2.31. The van der Waals surface area contributed by atoms with E-state index in [1.54, 1.807) is 0 Å². The fourth-order valence-electron chi connectivity index (χ4n) is 3.75. The number of aliphatic hydroxyl groups excluding tert-OH is 1. The lowest BCUT2D eigenvalue weighted by molar-refractivity contribution is -0.130. The van der Waals surface area contributed by atoms with Crippen LogP contribution in [-0.2, 0) is 9.53 Å². The van der Waals surface area contributed by atoms with Crippen molar-refractivity contribution in [3.63, 3.8) is 0 Å². The summed E-state index contributed by atoms with van der Waals surface area (Å²) in [7, 11) is 0. The second-order valence-corrected chi connectivity index (χ2v) is 6.86. The fourth-order valence-corrected chi connectivity index (χ4v) is 3.75. The van der Waals surface area contributed by atoms with Gasteiger partial charge in [0.15, 0.2) is 5.78 Å². The third-order valence-corrected chi connectivity index (χ3v) is 5.17. The molecule has 2 aromatic rings. The predicted octanol–water partition coefficient (Wildman–Crippen LogP) is 4.45. The standard InChI is InChI=1S/C21H20O3/c1-13-12-15(14-6-4-3-5-7-14)8-9-16(13)18-19(22)17-10-11-21(2,24-17)20(18)23/h3-9,12,17,23H,10-11H2,1-2H3. The minimum atomic E-state index is -0.724. The molecule has 1 N–H and O–H groups in total. The molecule has 2 bridgehead atoms. The molecule has 2 aromatic carbocycles. The van der Waals surface area contributed by atoms with Crippen LogP contribution in [0, 0.1) is 6.92 Å². The van der Waals surface area contributed by atoms with Gasteiger partial charge in [0.2, 0.25) is 0 Å². The van der Waals surface area contributed by atoms with Crippen LogP contribution in [0.2, 0.25) is 0 Å². The number of aryl methyl sites for hydroxylation is 1. The summed E-state index contributed by atoms with van der Waals surface area (Å²) in [6.07, 6.45) is 0.929. The summed E-state index contributed by atoms with van der Waals surface area (Å²) >= 11 is 0. The van der Waals surface area contributed by atoms with E-state index in [4.69, 9.17) is 4.74 Å². The first-order chi connectivity index (χ1) is 11.5. The van der Waals surface area contributed by atoms with Crippen molar-refractivity contribution < 1.29 is 14.6 Å². The molecule has 3 nitrogen and oxygen atoms in total. The number of ketones is 1. The quantitative estimate of drug-likeness (QED) is 0.889. The van der Waals surface area contributed by atoms with Gasteiger partial charge in [-0.2, -0.15) is 0 Å². The minimum Gasteiger partial charge on any atom is -0.508 e. The van der Waals surface area contributed by atoms with E-state index in [9.17, 15) is 9.90 Å². The summed E-state index contributed by atoms with van der Waals surface area (Å²) in [6.45, 7) is 3.84. The molecule has 1 saturated heterocycles. The van der Waals surface area contributed by atoms with Gasteiger partial charge in [-0.05, 0) is 48.9 Å². The highest BCUT2D eigenvalue weighted by molar-refractivity contribution is 6.25. The largest absolute Gasteiger partial charge is 0.508 e. The highest BCUT2D eigenvalue weighted by Crippen LogP contribution is 2.45. The number of fused-ring (bicyclic) bond motifs is 2. The third kappa shape index (κ3) is 2.20. The van der Waals surface area contributed by atoms with Gasteiger partial charge in [0.1, 0.15) is 17.5 Å². The molecule has 0 radical (unpaired) electrons. The van der Waals surface area contributed by atoms with Crippen molar-refractivity contribution in [2.75, 3.05) is 0 Å². The summed E-state index contributed by atoms with van der Waals surface area (Å²) in [5.41, 5.74) is 3.73. The Morgan fingerprint density at radius 1 is 1.12 bits per heavy atom. The highest BCUT2D eigenvalue weighted by atomic mass is 16.5. The molecule has 2 atom stereocenters. The molecule has 0 saturated carbocycles. The van der Waals surface area contributed by atoms with Crippen molar-refractivity contribution in [3.8, 4) is 11.1 Å². The maximum atomic E-state index is 12.7. The Morgan fingerprint density at radius 2 is 1.88 bits per heavy atom. The highest BCUT2D eigenvalue weighted by Gasteiger charge is 2.50. The van der Waals surface area contributed by atoms with Gasteiger partial charge in [-0.15, -0.1) is 0 Å². The number of hydrogen-bond donors (Lipinski definition) is 1. The monoisotopic (exact) mass is 320 g/mol. The summed E-state index contributed by atoms with van der Waals surface area (Å²) < 4.78 is 5.74. The predicted molar refractivity (Wildman–Crippen MR) is 93.7 cm³/mol. The number of rotatable bonds is 2. The lowest BCUT2D eigenvalue weighted by atomic mass is 9.88. The second kappa shape index (κ2) is 5.32. The smallest absolute Gasteiger partial charge is 0.195 e. The molecular weight excluding hydrogens is 300 g/mol. The Bertz CT molecular complexity index is 851. The Hall–Kier alpha value is -2.39. The van der Waals surface area contributed by atoms with E-state index in [0.717, 1.165) is 22.3 Å². The average Bonchev–Trinajstić information content (AvgIpc) is 2.97. The van der Waals surface area contributed by atoms with Crippen LogP contribution in [0.25, 0.3) is 16.7 Å². The average molecular weight is 320 g/mol. The van der Waals surface area contributed by atoms with Crippen molar-refractivity contribution in [2.45, 2.75) is 38.4 Å². The molecule has 2 aliphatic heterocycles. The zero-order valence-electron chi connectivity index (χ0n) is 13.9. The number of aliphatic hydroxyl groups is 1. The normalized spacial score (nSPS) is 26.1. The minimum absolute atomic E-state index is 0.0804. The van der Waals surface area contributed by atoms with Crippen molar-refractivity contribution in [3.05, 3.63) is 65.4 Å². The molecule has 0 spiro atoms. The van der Waals surface area contributed by atoms with Crippen LogP contribution in [-0.4, -0.2) is 22.6 Å². The van der Waals surface area contributed by atoms with E-state index in [2.05, 4.69) is 18.2 Å². The maximum absolute atomic E-state index is 12.7. The molecule has 2 aliphatic rings. The molecule has 0 aromatic heterocycles. The van der Waals surface area contributed by atoms with Gasteiger partial charge in [-0.1, -0.05) is 48.5 Å². The molecule has 122 valence electrons. The van der Waals surface area contributed by atoms with Gasteiger partial charge >= 0.3 is 0 Å². The van der Waals surface area contributed by atoms with Gasteiger partial charge in [0.25, 0.3) is 0 Å². The summed E-state index contributed by atoms with van der Waals surface area (Å²) in [5, 5.41) is 10.7. The molecule has 3 heteroatoms. The molecule has 2 heterocycles. The topological polar surface area (TPSA) is 46.5 Å². The van der Waals surface area contributed by atoms with Crippen molar-refractivity contribution in [1.29, 1.82) is 0 Å². The van der Waals surface area contributed by atoms with Crippen LogP contribution in [0.3, 0.4) is 0 Å². The Balaban J connectivity index is 1.81. The molecule has 24 heavy (non-hydrogen) atoms. The van der Waals surface area contributed by atoms with Crippen molar-refractivity contribution in [1.82, 2.24) is 0 Å². The maximum Gasteiger partial charge on any atom is 0.195 e. The molecule has 0 amide bonds. The number of carbonyl (C=O) groups excluding carboxylic acids is 1. The first kappa shape index (κ1) is 15.2. The van der Waals surface area contributed by atoms with Gasteiger partial charge in [0.05, 0.1) is 5.57 Å². The van der Waals surface area contributed by atoms with Gasteiger partial charge in [0, 0.05) is 0 Å². The number of Topliss-reactive ketones (excluding diaryl/α,β-unsaturated/α-hetero) is 1. The second-order valence-electron chi connectivity index (χ2n) is 6.86. The summed E-state index contributed by atoms with van der Waals surface area (Å²) in [5.74, 6) is -0.0187. The lowest BCUT2D eigenvalue weighted by Crippen LogP contribution is -2.37. The van der Waals surface area contributed by atoms with E-state index in [1.165, 1.54) is 0 Å². The van der Waals surface area contributed by atoms with Crippen LogP contribution in [0.4, 0.5) is 0 Å². The SMILES string of the molecule is Cc1cc(-c2ccccc2)ccc1C1=C(O)C2(C)CCC(O2)C1=O. The first-order valence-corrected chi connectivity index (χ1v) is 8.32. The number of benzene rings is 2. The van der Waals surface area contributed by atoms with Gasteiger partial charge in [-0.3, -0.25) is 4.79 Å².